The summed E-state index contributed by atoms with van der Waals surface area (Å²) in [6.07, 6.45) is 5.85. The summed E-state index contributed by atoms with van der Waals surface area (Å²) in [5.41, 5.74) is 4.17. The van der Waals surface area contributed by atoms with Crippen LogP contribution in [0, 0.1) is 5.41 Å². The van der Waals surface area contributed by atoms with Crippen molar-refractivity contribution in [3.8, 4) is 11.8 Å². The number of nitrogens with zero attached hydrogens (tertiary/aromatic N) is 3. The Morgan fingerprint density at radius 3 is 2.00 bits per heavy atom. The average Bonchev–Trinajstić information content (AvgIpc) is 3.45. The van der Waals surface area contributed by atoms with Gasteiger partial charge in [-0.15, -0.1) is 0 Å². The Hall–Kier alpha value is -3.65. The molecule has 0 unspecified atom stereocenters. The number of aromatic nitrogens is 2. The molecule has 1 aromatic heterocycles. The molecule has 1 aliphatic heterocycles. The van der Waals surface area contributed by atoms with Crippen LogP contribution in [0.15, 0.2) is 48.5 Å². The van der Waals surface area contributed by atoms with Crippen LogP contribution < -0.4 is 20.1 Å². The van der Waals surface area contributed by atoms with E-state index in [1.807, 2.05) is 24.3 Å². The van der Waals surface area contributed by atoms with Crippen molar-refractivity contribution < 1.29 is 9.47 Å². The number of unbranched alkanes of at least 4 members (excludes halogenated alkanes) is 1. The molecule has 196 valence electrons. The van der Waals surface area contributed by atoms with E-state index in [4.69, 9.17) is 14.9 Å². The number of nitrogens with one attached hydrogen (secondary N) is 3. The Kier molecular flexibility index (Phi) is 9.71. The molecule has 4 rings (SSSR count). The summed E-state index contributed by atoms with van der Waals surface area (Å²) in [6, 6.07) is 16.9. The van der Waals surface area contributed by atoms with Crippen LogP contribution in [0.4, 0.5) is 11.6 Å². The Labute approximate surface area is 219 Å². The summed E-state index contributed by atoms with van der Waals surface area (Å²) < 4.78 is 11.1. The predicted octanol–water partition coefficient (Wildman–Crippen LogP) is 5.48. The minimum Gasteiger partial charge on any atom is -0.497 e. The standard InChI is InChI=1S/C29H38N6O2/c1-3-4-17-37-29-33-27(31-19-22-7-9-24(10-8-22)21-35-15-5-6-16-35)26(18-30)28(34-29)32-20-23-11-13-25(36-2)14-12-23/h7-14,18,30H,3-6,15-17,19-21H2,1-2H3,(H2,31,32,33,34). The van der Waals surface area contributed by atoms with Crippen LogP contribution in [0.25, 0.3) is 0 Å². The van der Waals surface area contributed by atoms with Crippen molar-refractivity contribution in [2.75, 3.05) is 37.4 Å². The van der Waals surface area contributed by atoms with Crippen molar-refractivity contribution in [1.29, 1.82) is 5.41 Å². The van der Waals surface area contributed by atoms with Gasteiger partial charge in [-0.25, -0.2) is 0 Å². The molecule has 0 aliphatic carbocycles. The summed E-state index contributed by atoms with van der Waals surface area (Å²) >= 11 is 0. The van der Waals surface area contributed by atoms with Gasteiger partial charge in [0.2, 0.25) is 0 Å². The third-order valence-corrected chi connectivity index (χ3v) is 6.51. The quantitative estimate of drug-likeness (QED) is 0.198. The van der Waals surface area contributed by atoms with Crippen molar-refractivity contribution in [2.24, 2.45) is 0 Å². The molecule has 0 radical (unpaired) electrons. The van der Waals surface area contributed by atoms with E-state index in [1.54, 1.807) is 7.11 Å². The summed E-state index contributed by atoms with van der Waals surface area (Å²) in [5.74, 6) is 1.96. The van der Waals surface area contributed by atoms with Gasteiger partial charge in [-0.3, -0.25) is 4.90 Å². The summed E-state index contributed by atoms with van der Waals surface area (Å²) in [4.78, 5) is 11.7. The van der Waals surface area contributed by atoms with Crippen LogP contribution in [0.1, 0.15) is 54.9 Å². The fourth-order valence-electron chi connectivity index (χ4n) is 4.30. The van der Waals surface area contributed by atoms with Crippen LogP contribution in [-0.4, -0.2) is 47.9 Å². The molecule has 37 heavy (non-hydrogen) atoms. The van der Waals surface area contributed by atoms with E-state index < -0.39 is 0 Å². The van der Waals surface area contributed by atoms with Gasteiger partial charge >= 0.3 is 6.01 Å². The molecular formula is C29H38N6O2. The molecule has 2 aromatic carbocycles. The van der Waals surface area contributed by atoms with Crippen LogP contribution >= 0.6 is 0 Å². The highest BCUT2D eigenvalue weighted by Crippen LogP contribution is 2.24. The third-order valence-electron chi connectivity index (χ3n) is 6.51. The van der Waals surface area contributed by atoms with Gasteiger partial charge < -0.3 is 25.5 Å². The second-order valence-corrected chi connectivity index (χ2v) is 9.32. The average molecular weight is 503 g/mol. The second kappa shape index (κ2) is 13.6. The lowest BCUT2D eigenvalue weighted by Gasteiger charge is -2.16. The van der Waals surface area contributed by atoms with Crippen LogP contribution in [0.2, 0.25) is 0 Å². The molecule has 0 amide bonds. The van der Waals surface area contributed by atoms with Gasteiger partial charge in [-0.1, -0.05) is 49.7 Å². The molecule has 0 atom stereocenters. The van der Waals surface area contributed by atoms with Gasteiger partial charge in [-0.2, -0.15) is 9.97 Å². The monoisotopic (exact) mass is 502 g/mol. The van der Waals surface area contributed by atoms with Crippen LogP contribution in [0.3, 0.4) is 0 Å². The number of anilines is 2. The molecule has 1 fully saturated rings. The fourth-order valence-corrected chi connectivity index (χ4v) is 4.30. The lowest BCUT2D eigenvalue weighted by atomic mass is 10.1. The van der Waals surface area contributed by atoms with Gasteiger partial charge in [0.15, 0.2) is 0 Å². The second-order valence-electron chi connectivity index (χ2n) is 9.32. The van der Waals surface area contributed by atoms with Crippen LogP contribution in [-0.2, 0) is 19.6 Å². The zero-order valence-corrected chi connectivity index (χ0v) is 21.9. The first-order chi connectivity index (χ1) is 18.2. The highest BCUT2D eigenvalue weighted by Gasteiger charge is 2.15. The number of benzene rings is 2. The van der Waals surface area contributed by atoms with E-state index in [0.717, 1.165) is 36.3 Å². The van der Waals surface area contributed by atoms with E-state index in [-0.39, 0.29) is 0 Å². The van der Waals surface area contributed by atoms with E-state index in [1.165, 1.54) is 37.7 Å². The third kappa shape index (κ3) is 7.67. The molecule has 1 saturated heterocycles. The number of rotatable bonds is 14. The highest BCUT2D eigenvalue weighted by molar-refractivity contribution is 5.90. The summed E-state index contributed by atoms with van der Waals surface area (Å²) in [7, 11) is 1.65. The summed E-state index contributed by atoms with van der Waals surface area (Å²) in [5, 5.41) is 14.8. The maximum absolute atomic E-state index is 8.07. The van der Waals surface area contributed by atoms with Gasteiger partial charge in [0, 0.05) is 25.8 Å². The molecule has 3 aromatic rings. The van der Waals surface area contributed by atoms with E-state index >= 15 is 0 Å². The number of likely N-dealkylation sites (tertiary alicyclic amines) is 1. The summed E-state index contributed by atoms with van der Waals surface area (Å²) in [6.45, 7) is 7.22. The molecular weight excluding hydrogens is 464 g/mol. The molecule has 8 heteroatoms. The van der Waals surface area contributed by atoms with E-state index in [2.05, 4.69) is 56.7 Å². The normalized spacial score (nSPS) is 13.4. The first-order valence-corrected chi connectivity index (χ1v) is 13.1. The van der Waals surface area contributed by atoms with Crippen molar-refractivity contribution >= 4 is 17.9 Å². The van der Waals surface area contributed by atoms with E-state index in [9.17, 15) is 0 Å². The Balaban J connectivity index is 1.46. The van der Waals surface area contributed by atoms with Crippen molar-refractivity contribution in [1.82, 2.24) is 14.9 Å². The Morgan fingerprint density at radius 1 is 0.892 bits per heavy atom. The SMILES string of the molecule is CCCCOc1nc(NCc2ccc(CN3CCCC3)cc2)c(C=N)c(NCc2ccc(OC)cc2)n1. The van der Waals surface area contributed by atoms with Gasteiger partial charge in [0.05, 0.1) is 19.3 Å². The topological polar surface area (TPSA) is 95.4 Å². The van der Waals surface area contributed by atoms with Gasteiger partial charge in [0.1, 0.15) is 17.4 Å². The Morgan fingerprint density at radius 2 is 1.46 bits per heavy atom. The zero-order chi connectivity index (χ0) is 25.9. The maximum atomic E-state index is 8.07. The minimum absolute atomic E-state index is 0.305. The van der Waals surface area contributed by atoms with Crippen molar-refractivity contribution in [2.45, 2.75) is 52.2 Å². The van der Waals surface area contributed by atoms with Crippen LogP contribution in [0.5, 0.6) is 11.8 Å². The molecule has 0 spiro atoms. The largest absolute Gasteiger partial charge is 0.497 e. The Bertz CT molecular complexity index is 1130. The molecule has 1 aliphatic rings. The lowest BCUT2D eigenvalue weighted by molar-refractivity contribution is 0.286. The first-order valence-electron chi connectivity index (χ1n) is 13.1. The van der Waals surface area contributed by atoms with Crippen molar-refractivity contribution in [3.05, 3.63) is 70.8 Å². The molecule has 2 heterocycles. The number of hydrogen-bond donors (Lipinski definition) is 3. The van der Waals surface area contributed by atoms with Gasteiger partial charge in [0.25, 0.3) is 0 Å². The van der Waals surface area contributed by atoms with Gasteiger partial charge in [-0.05, 0) is 61.2 Å². The molecule has 0 saturated carbocycles. The number of methoxy groups -OCH3 is 1. The minimum atomic E-state index is 0.305. The molecule has 3 N–H and O–H groups in total. The fraction of sp³-hybridized carbons (Fsp3) is 0.414. The predicted molar refractivity (Wildman–Crippen MR) is 149 cm³/mol. The highest BCUT2D eigenvalue weighted by atomic mass is 16.5. The smallest absolute Gasteiger partial charge is 0.320 e. The van der Waals surface area contributed by atoms with Crippen molar-refractivity contribution in [3.63, 3.8) is 0 Å². The maximum Gasteiger partial charge on any atom is 0.320 e. The zero-order valence-electron chi connectivity index (χ0n) is 21.9. The first kappa shape index (κ1) is 26.4. The molecule has 0 bridgehead atoms. The number of ether oxygens (including phenoxy) is 2. The molecule has 8 nitrogen and oxygen atoms in total. The number of hydrogen-bond acceptors (Lipinski definition) is 8. The van der Waals surface area contributed by atoms with E-state index in [0.29, 0.717) is 42.9 Å². The lowest BCUT2D eigenvalue weighted by Crippen LogP contribution is -2.18.